The van der Waals surface area contributed by atoms with E-state index in [-0.39, 0.29) is 6.42 Å². The Hall–Kier alpha value is -3.40. The average molecular weight is 339 g/mol. The Morgan fingerprint density at radius 3 is 2.40 bits per heavy atom. The lowest BCUT2D eigenvalue weighted by atomic mass is 9.95. The van der Waals surface area contributed by atoms with Crippen molar-refractivity contribution >= 4 is 12.2 Å². The summed E-state index contributed by atoms with van der Waals surface area (Å²) in [6, 6.07) is 13.0. The van der Waals surface area contributed by atoms with E-state index in [1.807, 2.05) is 6.07 Å². The highest BCUT2D eigenvalue weighted by atomic mass is 19.1. The Morgan fingerprint density at radius 2 is 1.84 bits per heavy atom. The van der Waals surface area contributed by atoms with Crippen molar-refractivity contribution in [2.24, 2.45) is 0 Å². The van der Waals surface area contributed by atoms with Crippen molar-refractivity contribution in [1.82, 2.24) is 4.90 Å². The van der Waals surface area contributed by atoms with Crippen LogP contribution in [0.4, 0.5) is 14.0 Å². The summed E-state index contributed by atoms with van der Waals surface area (Å²) in [6.07, 6.45) is -3.38. The lowest BCUT2D eigenvalue weighted by Crippen LogP contribution is -2.47. The normalized spacial score (nSPS) is 19.4. The molecule has 1 aliphatic heterocycles. The topological polar surface area (TPSA) is 93.5 Å². The van der Waals surface area contributed by atoms with E-state index in [1.54, 1.807) is 24.3 Å². The maximum Gasteiger partial charge on any atom is 0.416 e. The Labute approximate surface area is 142 Å². The lowest BCUT2D eigenvalue weighted by molar-refractivity contribution is -0.262. The number of ether oxygens (including phenoxy) is 1. The fourth-order valence-corrected chi connectivity index (χ4v) is 2.82. The molecule has 0 aliphatic carbocycles. The van der Waals surface area contributed by atoms with Gasteiger partial charge in [-0.2, -0.15) is 5.26 Å². The minimum Gasteiger partial charge on any atom is -0.529 e. The molecule has 0 spiro atoms. The molecule has 126 valence electrons. The Bertz CT molecular complexity index is 843. The highest BCUT2D eigenvalue weighted by Crippen LogP contribution is 2.34. The van der Waals surface area contributed by atoms with Gasteiger partial charge < -0.3 is 14.6 Å². The number of carboxylic acid groups (broad SMARTS) is 1. The molecule has 2 amide bonds. The molecule has 0 radical (unpaired) electrons. The predicted molar refractivity (Wildman–Crippen MR) is 81.5 cm³/mol. The van der Waals surface area contributed by atoms with Gasteiger partial charge in [0, 0.05) is 0 Å². The van der Waals surface area contributed by atoms with Crippen molar-refractivity contribution in [1.29, 1.82) is 5.26 Å². The smallest absolute Gasteiger partial charge is 0.416 e. The van der Waals surface area contributed by atoms with Crippen molar-refractivity contribution in [3.8, 4) is 6.07 Å². The van der Waals surface area contributed by atoms with Crippen LogP contribution in [0.1, 0.15) is 22.8 Å². The van der Waals surface area contributed by atoms with Crippen LogP contribution >= 0.6 is 0 Å². The van der Waals surface area contributed by atoms with Crippen LogP contribution in [0.2, 0.25) is 0 Å². The van der Waals surface area contributed by atoms with Crippen LogP contribution in [-0.2, 0) is 11.2 Å². The molecule has 1 aliphatic rings. The van der Waals surface area contributed by atoms with Gasteiger partial charge in [-0.15, -0.1) is 0 Å². The number of hydrogen-bond acceptors (Lipinski definition) is 5. The number of benzene rings is 2. The zero-order valence-electron chi connectivity index (χ0n) is 12.9. The molecule has 1 heterocycles. The standard InChI is InChI=1S/C18H13FN2O4/c19-14-7-5-13(6-8-14)16-15(21(17(22)23)18(24)25-16)9-11-1-3-12(10-20)4-2-11/h1-8,15-16H,9H2,(H,22,23)/p-1. The number of rotatable bonds is 3. The van der Waals surface area contributed by atoms with Crippen LogP contribution < -0.4 is 5.11 Å². The first kappa shape index (κ1) is 16.5. The maximum atomic E-state index is 13.1. The summed E-state index contributed by atoms with van der Waals surface area (Å²) in [5, 5.41) is 20.2. The molecule has 0 N–H and O–H groups in total. The second kappa shape index (κ2) is 6.61. The van der Waals surface area contributed by atoms with Crippen LogP contribution in [0.5, 0.6) is 0 Å². The first-order chi connectivity index (χ1) is 12.0. The molecule has 2 aromatic carbocycles. The van der Waals surface area contributed by atoms with E-state index in [9.17, 15) is 19.1 Å². The summed E-state index contributed by atoms with van der Waals surface area (Å²) in [4.78, 5) is 23.8. The Balaban J connectivity index is 1.93. The fraction of sp³-hybridized carbons (Fsp3) is 0.167. The van der Waals surface area contributed by atoms with E-state index in [1.165, 1.54) is 24.3 Å². The van der Waals surface area contributed by atoms with Gasteiger partial charge in [-0.3, -0.25) is 4.90 Å². The quantitative estimate of drug-likeness (QED) is 0.854. The minimum atomic E-state index is -1.66. The van der Waals surface area contributed by atoms with E-state index in [4.69, 9.17) is 10.00 Å². The summed E-state index contributed by atoms with van der Waals surface area (Å²) in [6.45, 7) is 0. The van der Waals surface area contributed by atoms with Gasteiger partial charge in [0.25, 0.3) is 0 Å². The third-order valence-electron chi connectivity index (χ3n) is 4.03. The molecule has 0 bridgehead atoms. The molecule has 0 saturated carbocycles. The molecule has 0 aromatic heterocycles. The summed E-state index contributed by atoms with van der Waals surface area (Å²) in [5.74, 6) is -0.450. The van der Waals surface area contributed by atoms with Gasteiger partial charge in [0.1, 0.15) is 18.0 Å². The van der Waals surface area contributed by atoms with E-state index >= 15 is 0 Å². The highest BCUT2D eigenvalue weighted by Gasteiger charge is 2.43. The number of nitriles is 1. The molecular formula is C18H12FN2O4-. The van der Waals surface area contributed by atoms with Gasteiger partial charge >= 0.3 is 6.09 Å². The fourth-order valence-electron chi connectivity index (χ4n) is 2.82. The monoisotopic (exact) mass is 339 g/mol. The number of carbonyl (C=O) groups excluding carboxylic acids is 2. The largest absolute Gasteiger partial charge is 0.529 e. The second-order valence-electron chi connectivity index (χ2n) is 5.57. The number of hydrogen-bond donors (Lipinski definition) is 0. The predicted octanol–water partition coefficient (Wildman–Crippen LogP) is 2.15. The highest BCUT2D eigenvalue weighted by molar-refractivity contribution is 5.88. The summed E-state index contributed by atoms with van der Waals surface area (Å²) in [5.41, 5.74) is 1.67. The zero-order valence-corrected chi connectivity index (χ0v) is 12.9. The van der Waals surface area contributed by atoms with Crippen molar-refractivity contribution in [2.45, 2.75) is 18.6 Å². The molecule has 2 unspecified atom stereocenters. The van der Waals surface area contributed by atoms with Gasteiger partial charge in [-0.25, -0.2) is 9.18 Å². The molecule has 25 heavy (non-hydrogen) atoms. The number of halogens is 1. The first-order valence-electron chi connectivity index (χ1n) is 7.45. The van der Waals surface area contributed by atoms with Crippen molar-refractivity contribution in [3.05, 3.63) is 71.0 Å². The van der Waals surface area contributed by atoms with E-state index in [0.29, 0.717) is 16.0 Å². The molecule has 3 rings (SSSR count). The van der Waals surface area contributed by atoms with Crippen molar-refractivity contribution in [2.75, 3.05) is 0 Å². The van der Waals surface area contributed by atoms with Gasteiger partial charge in [-0.05, 0) is 41.8 Å². The molecule has 2 aromatic rings. The molecule has 6 nitrogen and oxygen atoms in total. The number of cyclic esters (lactones) is 1. The third-order valence-corrected chi connectivity index (χ3v) is 4.03. The number of carbonyl (C=O) groups is 2. The third kappa shape index (κ3) is 3.28. The number of nitrogens with zero attached hydrogens (tertiary/aromatic N) is 2. The molecule has 2 atom stereocenters. The van der Waals surface area contributed by atoms with Crippen LogP contribution in [-0.4, -0.2) is 23.1 Å². The Morgan fingerprint density at radius 1 is 1.20 bits per heavy atom. The zero-order chi connectivity index (χ0) is 18.0. The van der Waals surface area contributed by atoms with Crippen LogP contribution in [0, 0.1) is 17.1 Å². The second-order valence-corrected chi connectivity index (χ2v) is 5.57. The SMILES string of the molecule is N#Cc1ccc(CC2C(c3ccc(F)cc3)OC(=O)N2C(=O)[O-])cc1. The minimum absolute atomic E-state index is 0.174. The molecule has 7 heteroatoms. The maximum absolute atomic E-state index is 13.1. The average Bonchev–Trinajstić information content (AvgIpc) is 2.92. The van der Waals surface area contributed by atoms with Crippen LogP contribution in [0.15, 0.2) is 48.5 Å². The van der Waals surface area contributed by atoms with Crippen molar-refractivity contribution < 1.29 is 23.8 Å². The Kier molecular flexibility index (Phi) is 4.35. The lowest BCUT2D eigenvalue weighted by Gasteiger charge is -2.25. The van der Waals surface area contributed by atoms with Crippen molar-refractivity contribution in [3.63, 3.8) is 0 Å². The molecule has 1 saturated heterocycles. The van der Waals surface area contributed by atoms with Gasteiger partial charge in [0.05, 0.1) is 17.7 Å². The van der Waals surface area contributed by atoms with Gasteiger partial charge in [0.2, 0.25) is 0 Å². The van der Waals surface area contributed by atoms with Gasteiger partial charge in [0.15, 0.2) is 0 Å². The summed E-state index contributed by atoms with van der Waals surface area (Å²) in [7, 11) is 0. The van der Waals surface area contributed by atoms with E-state index in [2.05, 4.69) is 0 Å². The van der Waals surface area contributed by atoms with E-state index < -0.39 is 30.1 Å². The molecule has 1 fully saturated rings. The van der Waals surface area contributed by atoms with Crippen LogP contribution in [0.25, 0.3) is 0 Å². The summed E-state index contributed by atoms with van der Waals surface area (Å²) < 4.78 is 18.3. The van der Waals surface area contributed by atoms with Crippen LogP contribution in [0.3, 0.4) is 0 Å². The first-order valence-corrected chi connectivity index (χ1v) is 7.45. The number of amides is 2. The van der Waals surface area contributed by atoms with Gasteiger partial charge in [-0.1, -0.05) is 24.3 Å². The summed E-state index contributed by atoms with van der Waals surface area (Å²) >= 11 is 0. The number of imide groups is 1. The van der Waals surface area contributed by atoms with E-state index in [0.717, 1.165) is 5.56 Å². The molecular weight excluding hydrogens is 327 g/mol.